The van der Waals surface area contributed by atoms with E-state index in [0.717, 1.165) is 9.80 Å². The number of rotatable bonds is 21. The van der Waals surface area contributed by atoms with Crippen LogP contribution >= 0.6 is 0 Å². The lowest BCUT2D eigenvalue weighted by Gasteiger charge is -2.32. The van der Waals surface area contributed by atoms with Crippen LogP contribution in [0.1, 0.15) is 59.2 Å². The second-order valence-corrected chi connectivity index (χ2v) is 14.1. The van der Waals surface area contributed by atoms with Crippen molar-refractivity contribution in [2.75, 3.05) is 14.1 Å². The minimum Gasteiger partial charge on any atom is -0.480 e. The number of hydrogen-bond donors (Lipinski definition) is 8. The Bertz CT molecular complexity index is 1750. The first-order chi connectivity index (χ1) is 26.6. The maximum atomic E-state index is 13.8. The summed E-state index contributed by atoms with van der Waals surface area (Å²) in [6, 6.07) is -0.0258. The molecule has 9 N–H and O–H groups in total. The monoisotopic (exact) mass is 798 g/mol. The molecule has 7 atom stereocenters. The number of amides is 8. The fraction of sp³-hybridized carbons (Fsp3) is 0.514. The topological polar surface area (TPSA) is 295 Å². The number of aromatic nitrogens is 2. The third-order valence-electron chi connectivity index (χ3n) is 9.18. The number of imidazole rings is 1. The number of H-pyrrole nitrogens is 1. The molecule has 0 radical (unpaired) electrons. The number of nitrogens with two attached hydrogens (primary N) is 1. The fourth-order valence-corrected chi connectivity index (χ4v) is 5.54. The summed E-state index contributed by atoms with van der Waals surface area (Å²) < 4.78 is 0. The Labute approximate surface area is 330 Å². The first kappa shape index (κ1) is 46.8. The first-order valence-electron chi connectivity index (χ1n) is 18.2. The van der Waals surface area contributed by atoms with Crippen molar-refractivity contribution in [3.8, 4) is 0 Å². The predicted molar refractivity (Wildman–Crippen MR) is 204 cm³/mol. The summed E-state index contributed by atoms with van der Waals surface area (Å²) in [4.78, 5) is 124. The third kappa shape index (κ3) is 14.4. The van der Waals surface area contributed by atoms with Crippen LogP contribution < -0.4 is 32.3 Å². The number of benzene rings is 1. The molecule has 1 aromatic heterocycles. The van der Waals surface area contributed by atoms with Gasteiger partial charge in [-0.05, 0) is 32.3 Å². The number of carbonyl (C=O) groups excluding carboxylic acids is 8. The molecule has 2 rings (SSSR count). The zero-order valence-corrected chi connectivity index (χ0v) is 33.3. The van der Waals surface area contributed by atoms with Crippen molar-refractivity contribution in [3.63, 3.8) is 0 Å². The molecule has 0 bridgehead atoms. The van der Waals surface area contributed by atoms with Gasteiger partial charge in [0, 0.05) is 45.8 Å². The third-order valence-corrected chi connectivity index (χ3v) is 9.18. The second kappa shape index (κ2) is 21.7. The lowest BCUT2D eigenvalue weighted by atomic mass is 10.0. The predicted octanol–water partition coefficient (Wildman–Crippen LogP) is -2.03. The van der Waals surface area contributed by atoms with E-state index in [4.69, 9.17) is 5.73 Å². The Balaban J connectivity index is 2.23. The van der Waals surface area contributed by atoms with Crippen LogP contribution in [0.2, 0.25) is 0 Å². The maximum Gasteiger partial charge on any atom is 0.326 e. The molecule has 1 heterocycles. The van der Waals surface area contributed by atoms with Crippen LogP contribution in [0, 0.1) is 5.92 Å². The van der Waals surface area contributed by atoms with Crippen LogP contribution in [0.15, 0.2) is 42.9 Å². The first-order valence-corrected chi connectivity index (χ1v) is 18.2. The van der Waals surface area contributed by atoms with Crippen molar-refractivity contribution < 1.29 is 48.3 Å². The largest absolute Gasteiger partial charge is 0.480 e. The molecule has 0 spiro atoms. The molecule has 0 saturated heterocycles. The number of nitrogens with one attached hydrogen (secondary N) is 6. The van der Waals surface area contributed by atoms with E-state index in [1.807, 2.05) is 0 Å². The van der Waals surface area contributed by atoms with Gasteiger partial charge in [0.05, 0.1) is 12.7 Å². The fourth-order valence-electron chi connectivity index (χ4n) is 5.54. The molecule has 0 aliphatic carbocycles. The zero-order chi connectivity index (χ0) is 43.1. The molecule has 1 aromatic carbocycles. The van der Waals surface area contributed by atoms with Gasteiger partial charge in [-0.15, -0.1) is 0 Å². The second-order valence-electron chi connectivity index (χ2n) is 14.1. The van der Waals surface area contributed by atoms with Gasteiger partial charge in [0.2, 0.25) is 47.3 Å². The average molecular weight is 799 g/mol. The van der Waals surface area contributed by atoms with E-state index in [1.54, 1.807) is 44.2 Å². The molecule has 0 aliphatic heterocycles. The summed E-state index contributed by atoms with van der Waals surface area (Å²) in [5.74, 6) is -7.61. The quantitative estimate of drug-likeness (QED) is 0.0681. The molecule has 0 saturated carbocycles. The van der Waals surface area contributed by atoms with Crippen molar-refractivity contribution in [1.82, 2.24) is 46.4 Å². The minimum absolute atomic E-state index is 0.0244. The van der Waals surface area contributed by atoms with Crippen molar-refractivity contribution >= 4 is 53.2 Å². The number of carboxylic acid groups (broad SMARTS) is 1. The molecule has 20 nitrogen and oxygen atoms in total. The number of carboxylic acids is 1. The van der Waals surface area contributed by atoms with Gasteiger partial charge in [-0.3, -0.25) is 38.4 Å². The Morgan fingerprint density at radius 3 is 1.75 bits per heavy atom. The van der Waals surface area contributed by atoms with E-state index in [9.17, 15) is 48.3 Å². The summed E-state index contributed by atoms with van der Waals surface area (Å²) in [5, 5.41) is 22.0. The number of nitrogens with zero attached hydrogens (tertiary/aromatic N) is 3. The van der Waals surface area contributed by atoms with Gasteiger partial charge in [0.15, 0.2) is 0 Å². The van der Waals surface area contributed by atoms with E-state index in [0.29, 0.717) is 11.3 Å². The van der Waals surface area contributed by atoms with E-state index in [1.165, 1.54) is 54.3 Å². The van der Waals surface area contributed by atoms with Crippen molar-refractivity contribution in [1.29, 1.82) is 0 Å². The summed E-state index contributed by atoms with van der Waals surface area (Å²) in [6.07, 6.45) is 2.13. The number of carbonyl (C=O) groups is 9. The highest BCUT2D eigenvalue weighted by Crippen LogP contribution is 2.11. The van der Waals surface area contributed by atoms with Crippen LogP contribution in [0.3, 0.4) is 0 Å². The lowest BCUT2D eigenvalue weighted by molar-refractivity contribution is -0.146. The molecule has 0 unspecified atom stereocenters. The highest BCUT2D eigenvalue weighted by atomic mass is 16.4. The van der Waals surface area contributed by atoms with E-state index in [-0.39, 0.29) is 18.8 Å². The number of aromatic amines is 1. The summed E-state index contributed by atoms with van der Waals surface area (Å²) in [7, 11) is 2.62. The lowest BCUT2D eigenvalue weighted by Crippen LogP contribution is -2.60. The number of aliphatic carboxylic acids is 1. The highest BCUT2D eigenvalue weighted by molar-refractivity contribution is 5.97. The van der Waals surface area contributed by atoms with Gasteiger partial charge in [0.1, 0.15) is 42.3 Å². The molecular formula is C37H54N10O10. The molecule has 2 aromatic rings. The molecule has 312 valence electrons. The van der Waals surface area contributed by atoms with Gasteiger partial charge in [-0.1, -0.05) is 44.2 Å². The van der Waals surface area contributed by atoms with E-state index >= 15 is 0 Å². The molecule has 0 fully saturated rings. The van der Waals surface area contributed by atoms with Crippen LogP contribution in [0.5, 0.6) is 0 Å². The standard InChI is InChI=1S/C37H54N10O10/c1-19(2)30(42-23(6)48)34(53)43-26(15-25-17-39-18-40-25)33(52)41-20(3)35(54)46(7)21(4)31(50)44-27(14-24-12-10-9-11-13-24)36(55)47(8)22(5)32(51)45-28(37(56)57)16-29(38)49/h9-13,17-22,26-28,30H,14-16H2,1-8H3,(H2,38,49)(H,39,40)(H,41,52)(H,42,48)(H,43,53)(H,44,50)(H,45,51)(H,56,57)/t20-,21-,22-,26-,27-,28-,30-/m0/s1. The number of hydrogen-bond acceptors (Lipinski definition) is 10. The normalized spacial score (nSPS) is 14.6. The van der Waals surface area contributed by atoms with E-state index < -0.39 is 102 Å². The summed E-state index contributed by atoms with van der Waals surface area (Å²) in [6.45, 7) is 8.85. The Hall–Kier alpha value is -6.34. The van der Waals surface area contributed by atoms with Crippen LogP contribution in [0.4, 0.5) is 0 Å². The molecule has 8 amide bonds. The van der Waals surface area contributed by atoms with Gasteiger partial charge >= 0.3 is 5.97 Å². The Morgan fingerprint density at radius 2 is 1.26 bits per heavy atom. The molecule has 20 heteroatoms. The molecule has 57 heavy (non-hydrogen) atoms. The van der Waals surface area contributed by atoms with Crippen LogP contribution in [-0.4, -0.2) is 134 Å². The SMILES string of the molecule is CC(=O)N[C@H](C(=O)N[C@@H](Cc1cnc[nH]1)C(=O)N[C@@H](C)C(=O)N(C)[C@@H](C)C(=O)N[C@@H](Cc1ccccc1)C(=O)N(C)[C@@H](C)C(=O)N[C@@H](CC(N)=O)C(=O)O)C(C)C. The van der Waals surface area contributed by atoms with Crippen molar-refractivity contribution in [3.05, 3.63) is 54.1 Å². The number of likely N-dealkylation sites (N-methyl/N-ethyl adjacent to an activating group) is 2. The number of primary amides is 1. The minimum atomic E-state index is -1.63. The van der Waals surface area contributed by atoms with Crippen molar-refractivity contribution in [2.45, 2.75) is 103 Å². The Kier molecular flexibility index (Phi) is 17.8. The van der Waals surface area contributed by atoms with Gasteiger partial charge in [-0.2, -0.15) is 0 Å². The highest BCUT2D eigenvalue weighted by Gasteiger charge is 2.35. The van der Waals surface area contributed by atoms with Crippen LogP contribution in [0.25, 0.3) is 0 Å². The van der Waals surface area contributed by atoms with E-state index in [2.05, 4.69) is 36.6 Å². The molecule has 0 aliphatic rings. The maximum absolute atomic E-state index is 13.8. The smallest absolute Gasteiger partial charge is 0.326 e. The van der Waals surface area contributed by atoms with Gasteiger partial charge < -0.3 is 52.2 Å². The summed E-state index contributed by atoms with van der Waals surface area (Å²) >= 11 is 0. The molecular weight excluding hydrogens is 744 g/mol. The van der Waals surface area contributed by atoms with Crippen molar-refractivity contribution in [2.24, 2.45) is 11.7 Å². The Morgan fingerprint density at radius 1 is 0.719 bits per heavy atom. The zero-order valence-electron chi connectivity index (χ0n) is 33.3. The van der Waals surface area contributed by atoms with Crippen LogP contribution in [-0.2, 0) is 56.0 Å². The summed E-state index contributed by atoms with van der Waals surface area (Å²) in [5.41, 5.74) is 6.26. The van der Waals surface area contributed by atoms with Gasteiger partial charge in [0.25, 0.3) is 0 Å². The average Bonchev–Trinajstić information content (AvgIpc) is 3.67. The van der Waals surface area contributed by atoms with Gasteiger partial charge in [-0.25, -0.2) is 9.78 Å².